The number of hydrogen-bond acceptors (Lipinski definition) is 6. The topological polar surface area (TPSA) is 82.7 Å². The number of pyridine rings is 1. The molecule has 0 spiro atoms. The molecule has 1 aromatic rings. The minimum absolute atomic E-state index is 0.0231. The van der Waals surface area contributed by atoms with Crippen LogP contribution in [0.3, 0.4) is 0 Å². The third-order valence-corrected chi connectivity index (χ3v) is 3.75. The normalized spacial score (nSPS) is 17.0. The maximum absolute atomic E-state index is 11.1. The van der Waals surface area contributed by atoms with Gasteiger partial charge in [-0.3, -0.25) is 15.0 Å². The standard InChI is InChI=1S/C12H17BrN4O3/c13-10-8-11(17(19)20)12(14-9-10)16-3-1-2-15(4-5-16)6-7-18/h8-9,18H,1-7H2. The zero-order chi connectivity index (χ0) is 14.5. The van der Waals surface area contributed by atoms with Crippen molar-refractivity contribution in [2.45, 2.75) is 6.42 Å². The average Bonchev–Trinajstić information content (AvgIpc) is 2.65. The number of nitrogens with zero attached hydrogens (tertiary/aromatic N) is 4. The van der Waals surface area contributed by atoms with E-state index in [2.05, 4.69) is 25.8 Å². The van der Waals surface area contributed by atoms with Gasteiger partial charge in [0, 0.05) is 42.9 Å². The molecule has 0 amide bonds. The molecule has 0 aliphatic carbocycles. The van der Waals surface area contributed by atoms with Crippen molar-refractivity contribution in [1.29, 1.82) is 0 Å². The molecule has 8 heteroatoms. The molecule has 1 N–H and O–H groups in total. The number of aliphatic hydroxyl groups excluding tert-OH is 1. The second kappa shape index (κ2) is 6.96. The summed E-state index contributed by atoms with van der Waals surface area (Å²) in [6, 6.07) is 1.48. The lowest BCUT2D eigenvalue weighted by Crippen LogP contribution is -2.33. The van der Waals surface area contributed by atoms with Crippen LogP contribution in [-0.2, 0) is 0 Å². The summed E-state index contributed by atoms with van der Waals surface area (Å²) in [5, 5.41) is 20.1. The Morgan fingerprint density at radius 3 is 2.90 bits per heavy atom. The van der Waals surface area contributed by atoms with Crippen molar-refractivity contribution in [2.24, 2.45) is 0 Å². The summed E-state index contributed by atoms with van der Waals surface area (Å²) in [6.45, 7) is 3.85. The van der Waals surface area contributed by atoms with Gasteiger partial charge in [-0.05, 0) is 28.9 Å². The zero-order valence-corrected chi connectivity index (χ0v) is 12.6. The number of aliphatic hydroxyl groups is 1. The molecule has 0 saturated carbocycles. The molecule has 20 heavy (non-hydrogen) atoms. The number of halogens is 1. The highest BCUT2D eigenvalue weighted by atomic mass is 79.9. The van der Waals surface area contributed by atoms with Gasteiger partial charge in [0.1, 0.15) is 0 Å². The van der Waals surface area contributed by atoms with Crippen molar-refractivity contribution in [3.8, 4) is 0 Å². The van der Waals surface area contributed by atoms with Crippen LogP contribution in [0.2, 0.25) is 0 Å². The summed E-state index contributed by atoms with van der Waals surface area (Å²) in [4.78, 5) is 19.1. The maximum Gasteiger partial charge on any atom is 0.312 e. The fourth-order valence-corrected chi connectivity index (χ4v) is 2.67. The van der Waals surface area contributed by atoms with Crippen LogP contribution < -0.4 is 4.90 Å². The molecule has 0 atom stereocenters. The molecule has 1 aliphatic rings. The average molecular weight is 345 g/mol. The van der Waals surface area contributed by atoms with Crippen LogP contribution in [0, 0.1) is 10.1 Å². The molecule has 1 fully saturated rings. The van der Waals surface area contributed by atoms with Crippen molar-refractivity contribution in [3.05, 3.63) is 26.9 Å². The molecule has 2 rings (SSSR count). The lowest BCUT2D eigenvalue weighted by molar-refractivity contribution is -0.384. The second-order valence-electron chi connectivity index (χ2n) is 4.66. The predicted octanol–water partition coefficient (Wildman–Crippen LogP) is 1.26. The van der Waals surface area contributed by atoms with E-state index in [0.29, 0.717) is 23.4 Å². The lowest BCUT2D eigenvalue weighted by atomic mass is 10.3. The first-order valence-corrected chi connectivity index (χ1v) is 7.29. The van der Waals surface area contributed by atoms with Crippen molar-refractivity contribution in [2.75, 3.05) is 44.2 Å². The molecule has 1 aliphatic heterocycles. The fraction of sp³-hybridized carbons (Fsp3) is 0.583. The minimum Gasteiger partial charge on any atom is -0.395 e. The van der Waals surface area contributed by atoms with Gasteiger partial charge in [0.2, 0.25) is 5.82 Å². The summed E-state index contributed by atoms with van der Waals surface area (Å²) in [5.74, 6) is 0.420. The van der Waals surface area contributed by atoms with Gasteiger partial charge in [-0.25, -0.2) is 4.98 Å². The first-order valence-electron chi connectivity index (χ1n) is 6.50. The predicted molar refractivity (Wildman–Crippen MR) is 78.9 cm³/mol. The Morgan fingerprint density at radius 1 is 1.40 bits per heavy atom. The van der Waals surface area contributed by atoms with E-state index in [9.17, 15) is 10.1 Å². The molecule has 0 unspecified atom stereocenters. The summed E-state index contributed by atoms with van der Waals surface area (Å²) in [7, 11) is 0. The first kappa shape index (κ1) is 15.1. The van der Waals surface area contributed by atoms with Gasteiger partial charge in [-0.1, -0.05) is 0 Å². The number of rotatable bonds is 4. The largest absolute Gasteiger partial charge is 0.395 e. The molecular weight excluding hydrogens is 328 g/mol. The number of β-amino-alcohol motifs (C(OH)–C–C–N with tert-alkyl or cyclic N) is 1. The van der Waals surface area contributed by atoms with Gasteiger partial charge in [0.15, 0.2) is 0 Å². The Kier molecular flexibility index (Phi) is 5.27. The summed E-state index contributed by atoms with van der Waals surface area (Å²) in [5.41, 5.74) is 0.0231. The highest BCUT2D eigenvalue weighted by molar-refractivity contribution is 9.10. The summed E-state index contributed by atoms with van der Waals surface area (Å²) in [6.07, 6.45) is 2.48. The van der Waals surface area contributed by atoms with Crippen LogP contribution in [0.25, 0.3) is 0 Å². The van der Waals surface area contributed by atoms with Crippen LogP contribution in [0.15, 0.2) is 16.7 Å². The molecule has 110 valence electrons. The summed E-state index contributed by atoms with van der Waals surface area (Å²) >= 11 is 3.21. The van der Waals surface area contributed by atoms with E-state index in [1.54, 1.807) is 6.20 Å². The third kappa shape index (κ3) is 3.65. The first-order chi connectivity index (χ1) is 9.61. The molecular formula is C12H17BrN4O3. The van der Waals surface area contributed by atoms with Crippen LogP contribution in [0.5, 0.6) is 0 Å². The fourth-order valence-electron chi connectivity index (χ4n) is 2.35. The van der Waals surface area contributed by atoms with Crippen molar-refractivity contribution in [1.82, 2.24) is 9.88 Å². The van der Waals surface area contributed by atoms with E-state index in [1.165, 1.54) is 6.07 Å². The molecule has 1 aromatic heterocycles. The van der Waals surface area contributed by atoms with E-state index < -0.39 is 4.92 Å². The maximum atomic E-state index is 11.1. The second-order valence-corrected chi connectivity index (χ2v) is 5.57. The van der Waals surface area contributed by atoms with Gasteiger partial charge in [-0.2, -0.15) is 0 Å². The molecule has 0 bridgehead atoms. The van der Waals surface area contributed by atoms with Crippen LogP contribution in [0.4, 0.5) is 11.5 Å². The van der Waals surface area contributed by atoms with Gasteiger partial charge in [-0.15, -0.1) is 0 Å². The van der Waals surface area contributed by atoms with Gasteiger partial charge in [0.05, 0.1) is 11.5 Å². The lowest BCUT2D eigenvalue weighted by Gasteiger charge is -2.22. The van der Waals surface area contributed by atoms with Crippen molar-refractivity contribution in [3.63, 3.8) is 0 Å². The van der Waals surface area contributed by atoms with Crippen LogP contribution in [-0.4, -0.2) is 59.2 Å². The quantitative estimate of drug-likeness (QED) is 0.653. The zero-order valence-electron chi connectivity index (χ0n) is 11.0. The smallest absolute Gasteiger partial charge is 0.312 e. The van der Waals surface area contributed by atoms with Crippen LogP contribution >= 0.6 is 15.9 Å². The number of aromatic nitrogens is 1. The minimum atomic E-state index is -0.399. The van der Waals surface area contributed by atoms with Crippen molar-refractivity contribution >= 4 is 27.4 Å². The molecule has 2 heterocycles. The van der Waals surface area contributed by atoms with E-state index in [0.717, 1.165) is 26.1 Å². The Balaban J connectivity index is 2.17. The third-order valence-electron chi connectivity index (χ3n) is 3.31. The Labute approximate surface area is 125 Å². The Hall–Kier alpha value is -1.25. The van der Waals surface area contributed by atoms with Gasteiger partial charge >= 0.3 is 5.69 Å². The van der Waals surface area contributed by atoms with Crippen molar-refractivity contribution < 1.29 is 10.0 Å². The number of hydrogen-bond donors (Lipinski definition) is 1. The highest BCUT2D eigenvalue weighted by Crippen LogP contribution is 2.29. The van der Waals surface area contributed by atoms with E-state index in [1.807, 2.05) is 4.90 Å². The van der Waals surface area contributed by atoms with Gasteiger partial charge < -0.3 is 10.0 Å². The van der Waals surface area contributed by atoms with E-state index in [4.69, 9.17) is 5.11 Å². The molecule has 0 radical (unpaired) electrons. The molecule has 0 aromatic carbocycles. The monoisotopic (exact) mass is 344 g/mol. The molecule has 7 nitrogen and oxygen atoms in total. The molecule has 1 saturated heterocycles. The van der Waals surface area contributed by atoms with Gasteiger partial charge in [0.25, 0.3) is 0 Å². The number of anilines is 1. The Morgan fingerprint density at radius 2 is 2.20 bits per heavy atom. The van der Waals surface area contributed by atoms with E-state index in [-0.39, 0.29) is 12.3 Å². The van der Waals surface area contributed by atoms with Crippen LogP contribution in [0.1, 0.15) is 6.42 Å². The summed E-state index contributed by atoms with van der Waals surface area (Å²) < 4.78 is 0.602. The highest BCUT2D eigenvalue weighted by Gasteiger charge is 2.23. The Bertz CT molecular complexity index is 486. The SMILES string of the molecule is O=[N+]([O-])c1cc(Br)cnc1N1CCCN(CCO)CC1. The number of nitro groups is 1. The van der Waals surface area contributed by atoms with E-state index >= 15 is 0 Å².